The van der Waals surface area contributed by atoms with Gasteiger partial charge in [-0.2, -0.15) is 0 Å². The highest BCUT2D eigenvalue weighted by Crippen LogP contribution is 2.13. The van der Waals surface area contributed by atoms with Crippen LogP contribution in [-0.4, -0.2) is 45.5 Å². The molecule has 2 unspecified atom stereocenters. The van der Waals surface area contributed by atoms with Crippen LogP contribution < -0.4 is 0 Å². The van der Waals surface area contributed by atoms with Crippen LogP contribution in [0.3, 0.4) is 0 Å². The van der Waals surface area contributed by atoms with Crippen LogP contribution in [0, 0.1) is 0 Å². The monoisotopic (exact) mass is 296 g/mol. The molecule has 0 saturated heterocycles. The molecule has 4 heteroatoms. The van der Waals surface area contributed by atoms with Gasteiger partial charge in [-0.25, -0.2) is 0 Å². The maximum absolute atomic E-state index is 10.3. The number of nitrogens with zero attached hydrogens (tertiary/aromatic N) is 2. The van der Waals surface area contributed by atoms with Gasteiger partial charge in [0.15, 0.2) is 0 Å². The summed E-state index contributed by atoms with van der Waals surface area (Å²) in [5.41, 5.74) is 1.06. The third-order valence-corrected chi connectivity index (χ3v) is 3.78. The fourth-order valence-electron chi connectivity index (χ4n) is 2.20. The topological polar surface area (TPSA) is 37.6 Å². The number of hydrogen-bond donors (Lipinski definition) is 1. The highest BCUT2D eigenvalue weighted by atomic mass is 16.5. The van der Waals surface area contributed by atoms with Gasteiger partial charge in [-0.1, -0.05) is 6.92 Å². The quantitative estimate of drug-likeness (QED) is 0.801. The average molecular weight is 296 g/mol. The molecule has 0 aliphatic carbocycles. The number of aromatic nitrogens is 1. The summed E-state index contributed by atoms with van der Waals surface area (Å²) in [6, 6.07) is 4.63. The van der Waals surface area contributed by atoms with Gasteiger partial charge in [0.25, 0.3) is 0 Å². The van der Waals surface area contributed by atoms with E-state index < -0.39 is 6.10 Å². The first kappa shape index (κ1) is 18.2. The van der Waals surface area contributed by atoms with Crippen LogP contribution in [0.1, 0.15) is 46.7 Å². The first-order chi connectivity index (χ1) is 9.73. The van der Waals surface area contributed by atoms with E-state index in [9.17, 15) is 5.11 Å². The summed E-state index contributed by atoms with van der Waals surface area (Å²) >= 11 is 0. The van der Waals surface area contributed by atoms with Crippen molar-refractivity contribution in [3.05, 3.63) is 24.0 Å². The van der Waals surface area contributed by atoms with Gasteiger partial charge in [-0.05, 0) is 46.2 Å². The number of ether oxygens (including phenoxy) is 1. The van der Waals surface area contributed by atoms with Crippen LogP contribution in [-0.2, 0) is 18.3 Å². The van der Waals surface area contributed by atoms with E-state index in [0.29, 0.717) is 19.2 Å². The van der Waals surface area contributed by atoms with Crippen molar-refractivity contribution in [2.75, 3.05) is 13.2 Å². The van der Waals surface area contributed by atoms with Crippen molar-refractivity contribution >= 4 is 0 Å². The summed E-state index contributed by atoms with van der Waals surface area (Å²) in [6.45, 7) is 12.3. The second-order valence-corrected chi connectivity index (χ2v) is 6.87. The Kier molecular flexibility index (Phi) is 6.91. The van der Waals surface area contributed by atoms with Gasteiger partial charge >= 0.3 is 0 Å². The molecule has 1 heterocycles. The molecule has 0 fully saturated rings. The predicted octanol–water partition coefficient (Wildman–Crippen LogP) is 2.80. The normalized spacial score (nSPS) is 15.4. The van der Waals surface area contributed by atoms with Crippen LogP contribution in [0.2, 0.25) is 0 Å². The van der Waals surface area contributed by atoms with Crippen molar-refractivity contribution in [1.82, 2.24) is 9.47 Å². The van der Waals surface area contributed by atoms with Crippen molar-refractivity contribution in [2.24, 2.45) is 7.05 Å². The number of rotatable bonds is 8. The Hall–Kier alpha value is -0.840. The van der Waals surface area contributed by atoms with Gasteiger partial charge < -0.3 is 14.4 Å². The van der Waals surface area contributed by atoms with Crippen LogP contribution >= 0.6 is 0 Å². The number of aliphatic hydroxyl groups excluding tert-OH is 1. The van der Waals surface area contributed by atoms with E-state index >= 15 is 0 Å². The van der Waals surface area contributed by atoms with Crippen molar-refractivity contribution in [1.29, 1.82) is 0 Å². The largest absolute Gasteiger partial charge is 0.389 e. The summed E-state index contributed by atoms with van der Waals surface area (Å²) in [5.74, 6) is 0. The number of hydrogen-bond acceptors (Lipinski definition) is 3. The van der Waals surface area contributed by atoms with Gasteiger partial charge in [0.2, 0.25) is 0 Å². The smallest absolute Gasteiger partial charge is 0.0900 e. The Morgan fingerprint density at radius 1 is 1.38 bits per heavy atom. The molecule has 0 saturated carbocycles. The fourth-order valence-corrected chi connectivity index (χ4v) is 2.20. The van der Waals surface area contributed by atoms with E-state index in [-0.39, 0.29) is 5.60 Å². The molecule has 122 valence electrons. The molecule has 1 aromatic heterocycles. The lowest BCUT2D eigenvalue weighted by Crippen LogP contribution is -2.41. The molecule has 1 rings (SSSR count). The van der Waals surface area contributed by atoms with Crippen molar-refractivity contribution in [2.45, 2.75) is 65.3 Å². The van der Waals surface area contributed by atoms with E-state index in [1.807, 2.05) is 20.8 Å². The zero-order valence-electron chi connectivity index (χ0n) is 14.5. The first-order valence-electron chi connectivity index (χ1n) is 7.89. The second kappa shape index (κ2) is 7.97. The summed E-state index contributed by atoms with van der Waals surface area (Å²) in [7, 11) is 2.06. The maximum atomic E-state index is 10.3. The minimum Gasteiger partial charge on any atom is -0.389 e. The SMILES string of the molecule is CCC(C)N(Cc1cccn1C)CC(O)COC(C)(C)C. The highest BCUT2D eigenvalue weighted by Gasteiger charge is 2.20. The number of aliphatic hydroxyl groups is 1. The molecule has 0 aliphatic heterocycles. The highest BCUT2D eigenvalue weighted by molar-refractivity contribution is 5.06. The fraction of sp³-hybridized carbons (Fsp3) is 0.765. The molecule has 0 amide bonds. The summed E-state index contributed by atoms with van der Waals surface area (Å²) in [6.07, 6.45) is 2.67. The van der Waals surface area contributed by atoms with E-state index in [1.54, 1.807) is 0 Å². The molecule has 0 bridgehead atoms. The zero-order chi connectivity index (χ0) is 16.0. The molecular weight excluding hydrogens is 264 g/mol. The summed E-state index contributed by atoms with van der Waals surface area (Å²) in [5, 5.41) is 10.3. The van der Waals surface area contributed by atoms with Crippen molar-refractivity contribution < 1.29 is 9.84 Å². The lowest BCUT2D eigenvalue weighted by molar-refractivity contribution is -0.0594. The molecular formula is C17H32N2O2. The van der Waals surface area contributed by atoms with Crippen LogP contribution in [0.15, 0.2) is 18.3 Å². The van der Waals surface area contributed by atoms with E-state index in [2.05, 4.69) is 48.7 Å². The van der Waals surface area contributed by atoms with Gasteiger partial charge in [0.05, 0.1) is 18.3 Å². The molecule has 4 nitrogen and oxygen atoms in total. The van der Waals surface area contributed by atoms with E-state index in [4.69, 9.17) is 4.74 Å². The third-order valence-electron chi connectivity index (χ3n) is 3.78. The minimum atomic E-state index is -0.460. The molecule has 0 aromatic carbocycles. The molecule has 0 spiro atoms. The van der Waals surface area contributed by atoms with Gasteiger partial charge in [-0.3, -0.25) is 4.90 Å². The summed E-state index contributed by atoms with van der Waals surface area (Å²) in [4.78, 5) is 2.33. The molecule has 0 aliphatic rings. The molecule has 0 radical (unpaired) electrons. The zero-order valence-corrected chi connectivity index (χ0v) is 14.5. The Morgan fingerprint density at radius 3 is 2.52 bits per heavy atom. The number of aryl methyl sites for hydroxylation is 1. The maximum Gasteiger partial charge on any atom is 0.0900 e. The lowest BCUT2D eigenvalue weighted by atomic mass is 10.1. The van der Waals surface area contributed by atoms with Crippen molar-refractivity contribution in [3.8, 4) is 0 Å². The van der Waals surface area contributed by atoms with Gasteiger partial charge in [-0.15, -0.1) is 0 Å². The van der Waals surface area contributed by atoms with Crippen LogP contribution in [0.5, 0.6) is 0 Å². The standard InChI is InChI=1S/C17H32N2O2/c1-7-14(2)19(11-15-9-8-10-18(15)6)12-16(20)13-21-17(3,4)5/h8-10,14,16,20H,7,11-13H2,1-6H3. The van der Waals surface area contributed by atoms with Crippen molar-refractivity contribution in [3.63, 3.8) is 0 Å². The Morgan fingerprint density at radius 2 is 2.05 bits per heavy atom. The predicted molar refractivity (Wildman–Crippen MR) is 87.3 cm³/mol. The molecule has 2 atom stereocenters. The lowest BCUT2D eigenvalue weighted by Gasteiger charge is -2.31. The second-order valence-electron chi connectivity index (χ2n) is 6.87. The van der Waals surface area contributed by atoms with Gasteiger partial charge in [0, 0.05) is 38.1 Å². The molecule has 1 N–H and O–H groups in total. The first-order valence-corrected chi connectivity index (χ1v) is 7.89. The third kappa shape index (κ3) is 6.64. The molecule has 21 heavy (non-hydrogen) atoms. The van der Waals surface area contributed by atoms with E-state index in [1.165, 1.54) is 5.69 Å². The Bertz CT molecular complexity index is 409. The van der Waals surface area contributed by atoms with Crippen LogP contribution in [0.25, 0.3) is 0 Å². The minimum absolute atomic E-state index is 0.208. The molecule has 1 aromatic rings. The van der Waals surface area contributed by atoms with Gasteiger partial charge in [0.1, 0.15) is 0 Å². The van der Waals surface area contributed by atoms with Crippen LogP contribution in [0.4, 0.5) is 0 Å². The Labute approximate surface area is 129 Å². The summed E-state index contributed by atoms with van der Waals surface area (Å²) < 4.78 is 7.81. The Balaban J connectivity index is 2.60. The van der Waals surface area contributed by atoms with E-state index in [0.717, 1.165) is 13.0 Å². The average Bonchev–Trinajstić information content (AvgIpc) is 2.79.